The standard InChI is InChI=1S/2C31H25F2N3O4.2C24H19F2N3O4/c2*32-24-14-13-23-27(22-11-5-2-6-12-22)36-20-34(16-7-8-18-39-29(23)26(24)33)31(38)28-30(25(37)15-17-35(28)36)40-19-21-9-3-1-4-10-21;2*25-17-9-8-16-20(15-6-2-1-3-7-15)29-14-27(11-4-5-13-33-23(16)19(17)26)24(32)21-22(31)18(30)10-12-28(21)29/h2*1-15,17,27H,16,18-20H2;2*1-10,12,20,31H,11,13-14H2/b2*8-7-;2*5-4-/t2*27-;2*20-/m1010/s1. The third kappa shape index (κ3) is 19.2. The normalized spacial score (nSPS) is 17.9. The number of halogens is 8. The Morgan fingerprint density at radius 1 is 0.267 bits per heavy atom. The average molecular weight is 1990 g/mol. The van der Waals surface area contributed by atoms with E-state index in [1.54, 1.807) is 102 Å². The van der Waals surface area contributed by atoms with Crippen molar-refractivity contribution in [3.8, 4) is 46.0 Å². The van der Waals surface area contributed by atoms with Crippen LogP contribution >= 0.6 is 0 Å². The van der Waals surface area contributed by atoms with Crippen LogP contribution < -0.4 is 70.2 Å². The van der Waals surface area contributed by atoms with E-state index in [9.17, 15) is 74.9 Å². The minimum absolute atomic E-state index is 0.0207. The Hall–Kier alpha value is -18.1. The summed E-state index contributed by atoms with van der Waals surface area (Å²) >= 11 is 0. The Morgan fingerprint density at radius 3 is 0.747 bits per heavy atom. The molecule has 36 heteroatoms. The van der Waals surface area contributed by atoms with Crippen molar-refractivity contribution >= 4 is 23.6 Å². The van der Waals surface area contributed by atoms with E-state index in [2.05, 4.69) is 0 Å². The SMILES string of the molecule is O=C1c2c(O)c(=O)ccn2N2CN1C/C=C\COc1c(ccc(F)c1F)[C@@H]2c1ccccc1.O=C1c2c(O)c(=O)ccn2N2CN1C/C=C\COc1c(ccc(F)c1F)[C@H]2c1ccccc1.O=C1c2c(OCc3ccccc3)c(=O)ccn2N2CN1C/C=C\COc1c(ccc(F)c1F)[C@@H]2c1ccccc1.O=C1c2c(OCc3ccccc3)c(=O)ccn2N2CN1C/C=C\COc1c(ccc(F)c1F)[C@H]2c1ccccc1. The van der Waals surface area contributed by atoms with Gasteiger partial charge in [-0.1, -0.05) is 206 Å². The number of aromatic hydroxyl groups is 2. The monoisotopic (exact) mass is 1980 g/mol. The van der Waals surface area contributed by atoms with Crippen LogP contribution in [-0.4, -0.2) is 151 Å². The van der Waals surface area contributed by atoms with E-state index in [1.807, 2.05) is 168 Å². The van der Waals surface area contributed by atoms with Crippen molar-refractivity contribution in [2.75, 3.05) is 99.3 Å². The van der Waals surface area contributed by atoms with E-state index in [-0.39, 0.29) is 162 Å². The zero-order chi connectivity index (χ0) is 102. The number of carbonyl (C=O) groups is 4. The summed E-state index contributed by atoms with van der Waals surface area (Å²) in [5.74, 6) is -12.8. The fourth-order valence-electron chi connectivity index (χ4n) is 18.5. The molecule has 8 aliphatic rings. The molecule has 0 saturated heterocycles. The summed E-state index contributed by atoms with van der Waals surface area (Å²) in [6.07, 6.45) is 19.0. The lowest BCUT2D eigenvalue weighted by atomic mass is 9.96. The van der Waals surface area contributed by atoms with Gasteiger partial charge in [0.2, 0.25) is 45.0 Å². The fourth-order valence-corrected chi connectivity index (χ4v) is 18.5. The number of carbonyl (C=O) groups excluding carboxylic acids is 4. The number of rotatable bonds is 10. The summed E-state index contributed by atoms with van der Waals surface area (Å²) in [6.45, 7) is 1.08. The molecule has 0 radical (unpaired) electrons. The van der Waals surface area contributed by atoms with Crippen LogP contribution in [-0.2, 0) is 13.2 Å². The van der Waals surface area contributed by atoms with Crippen molar-refractivity contribution in [3.63, 3.8) is 0 Å². The lowest BCUT2D eigenvalue weighted by molar-refractivity contribution is 0.0691. The van der Waals surface area contributed by atoms with Gasteiger partial charge in [-0.05, 0) is 106 Å². The van der Waals surface area contributed by atoms with Gasteiger partial charge in [-0.3, -0.25) is 77.1 Å². The van der Waals surface area contributed by atoms with E-state index >= 15 is 8.78 Å². The molecule has 22 rings (SSSR count). The molecule has 10 aromatic carbocycles. The molecule has 4 aromatic heterocycles. The minimum atomic E-state index is -1.12. The zero-order valence-corrected chi connectivity index (χ0v) is 77.4. The summed E-state index contributed by atoms with van der Waals surface area (Å²) < 4.78 is 158. The second kappa shape index (κ2) is 42.4. The highest BCUT2D eigenvalue weighted by Crippen LogP contribution is 2.46. The summed E-state index contributed by atoms with van der Waals surface area (Å²) in [5.41, 5.74) is 3.40. The number of hydrogen-bond donors (Lipinski definition) is 2. The molecule has 0 spiro atoms. The predicted molar refractivity (Wildman–Crippen MR) is 521 cm³/mol. The van der Waals surface area contributed by atoms with Crippen molar-refractivity contribution in [1.29, 1.82) is 0 Å². The number of aromatic nitrogens is 4. The second-order valence-corrected chi connectivity index (χ2v) is 34.3. The van der Waals surface area contributed by atoms with E-state index in [1.165, 1.54) is 80.3 Å². The number of amides is 4. The first-order chi connectivity index (χ1) is 71.0. The molecule has 0 unspecified atom stereocenters. The van der Waals surface area contributed by atoms with Crippen LogP contribution in [0.25, 0.3) is 0 Å². The van der Waals surface area contributed by atoms with Crippen molar-refractivity contribution in [3.05, 3.63) is 494 Å². The van der Waals surface area contributed by atoms with Gasteiger partial charge in [0.1, 0.15) is 90.5 Å². The molecule has 28 nitrogen and oxygen atoms in total. The Balaban J connectivity index is 0.000000123. The van der Waals surface area contributed by atoms with Gasteiger partial charge >= 0.3 is 0 Å². The van der Waals surface area contributed by atoms with Gasteiger partial charge in [0.25, 0.3) is 23.6 Å². The zero-order valence-electron chi connectivity index (χ0n) is 77.4. The van der Waals surface area contributed by atoms with Gasteiger partial charge in [0, 0.05) is 97.5 Å². The highest BCUT2D eigenvalue weighted by Gasteiger charge is 2.45. The highest BCUT2D eigenvalue weighted by molar-refractivity contribution is 5.99. The Morgan fingerprint density at radius 2 is 0.493 bits per heavy atom. The largest absolute Gasteiger partial charge is 0.502 e. The van der Waals surface area contributed by atoms with Crippen LogP contribution in [0.2, 0.25) is 0 Å². The van der Waals surface area contributed by atoms with Crippen LogP contribution in [0.3, 0.4) is 0 Å². The Kier molecular flexibility index (Phi) is 28.1. The Bertz CT molecular complexity index is 7270. The van der Waals surface area contributed by atoms with E-state index in [0.717, 1.165) is 58.7 Å². The smallest absolute Gasteiger partial charge is 0.278 e. The van der Waals surface area contributed by atoms with Gasteiger partial charge in [-0.15, -0.1) is 0 Å². The first-order valence-corrected chi connectivity index (χ1v) is 46.2. The number of ether oxygens (including phenoxy) is 6. The molecule has 4 atom stereocenters. The predicted octanol–water partition coefficient (Wildman–Crippen LogP) is 15.4. The topological polar surface area (TPSA) is 278 Å². The van der Waals surface area contributed by atoms with Crippen LogP contribution in [0, 0.1) is 46.5 Å². The summed E-state index contributed by atoms with van der Waals surface area (Å²) in [5, 5.41) is 28.0. The van der Waals surface area contributed by atoms with Crippen molar-refractivity contribution in [2.24, 2.45) is 0 Å². The maximum atomic E-state index is 15.2. The molecule has 0 aliphatic carbocycles. The van der Waals surface area contributed by atoms with Gasteiger partial charge in [-0.2, -0.15) is 17.6 Å². The highest BCUT2D eigenvalue weighted by atomic mass is 19.2. The van der Waals surface area contributed by atoms with Crippen molar-refractivity contribution in [2.45, 2.75) is 37.4 Å². The average Bonchev–Trinajstić information content (AvgIpc) is 0.757. The van der Waals surface area contributed by atoms with E-state index in [0.29, 0.717) is 33.4 Å². The van der Waals surface area contributed by atoms with Crippen molar-refractivity contribution < 1.29 is 92.9 Å². The molecule has 8 aliphatic heterocycles. The molecule has 4 amide bonds. The fraction of sp³-hybridized carbons (Fsp3) is 0.164. The molecule has 8 bridgehead atoms. The maximum Gasteiger partial charge on any atom is 0.278 e. The minimum Gasteiger partial charge on any atom is -0.502 e. The Labute approximate surface area is 827 Å². The quantitative estimate of drug-likeness (QED) is 0.0950. The molecule has 740 valence electrons. The van der Waals surface area contributed by atoms with Crippen LogP contribution in [0.1, 0.15) is 122 Å². The molecule has 0 fully saturated rings. The number of fused-ring (bicyclic) bond motifs is 20. The number of nitrogens with zero attached hydrogens (tertiary/aromatic N) is 12. The lowest BCUT2D eigenvalue weighted by Crippen LogP contribution is -2.55. The van der Waals surface area contributed by atoms with Crippen LogP contribution in [0.4, 0.5) is 35.1 Å². The van der Waals surface area contributed by atoms with Crippen LogP contribution in [0.15, 0.2) is 347 Å². The van der Waals surface area contributed by atoms with Gasteiger partial charge in [0.05, 0.1) is 0 Å². The maximum absolute atomic E-state index is 15.2. The molecular weight excluding hydrogens is 1900 g/mol. The molecular formula is C110H88F8N12O16. The molecule has 0 saturated carbocycles. The van der Waals surface area contributed by atoms with E-state index < -0.39 is 116 Å². The second-order valence-electron chi connectivity index (χ2n) is 34.3. The summed E-state index contributed by atoms with van der Waals surface area (Å²) in [6, 6.07) is 67.4. The number of benzene rings is 10. The van der Waals surface area contributed by atoms with Gasteiger partial charge in [-0.25, -0.2) is 17.6 Å². The molecule has 12 heterocycles. The van der Waals surface area contributed by atoms with Crippen molar-refractivity contribution in [1.82, 2.24) is 38.3 Å². The van der Waals surface area contributed by atoms with Gasteiger partial charge < -0.3 is 58.2 Å². The van der Waals surface area contributed by atoms with E-state index in [4.69, 9.17) is 28.4 Å². The summed E-state index contributed by atoms with van der Waals surface area (Å²) in [4.78, 5) is 110. The summed E-state index contributed by atoms with van der Waals surface area (Å²) in [7, 11) is 0. The van der Waals surface area contributed by atoms with Crippen LogP contribution in [0.5, 0.6) is 46.0 Å². The third-order valence-electron chi connectivity index (χ3n) is 25.4. The molecule has 14 aromatic rings. The lowest BCUT2D eigenvalue weighted by Gasteiger charge is -2.44. The van der Waals surface area contributed by atoms with Gasteiger partial charge in [0.15, 0.2) is 92.0 Å². The number of hydrogen-bond acceptors (Lipinski definition) is 20. The molecule has 146 heavy (non-hydrogen) atoms. The molecule has 2 N–H and O–H groups in total. The first-order valence-electron chi connectivity index (χ1n) is 46.2. The third-order valence-corrected chi connectivity index (χ3v) is 25.4. The first kappa shape index (κ1) is 96.7. The number of pyridine rings is 4.